The van der Waals surface area contributed by atoms with E-state index in [-0.39, 0.29) is 30.4 Å². The molecule has 300 valence electrons. The molecule has 1 aromatic rings. The van der Waals surface area contributed by atoms with Crippen LogP contribution in [0.3, 0.4) is 0 Å². The van der Waals surface area contributed by atoms with Crippen LogP contribution in [0.4, 0.5) is 0 Å². The van der Waals surface area contributed by atoms with Crippen LogP contribution in [0.25, 0.3) is 0 Å². The molecule has 0 heterocycles. The van der Waals surface area contributed by atoms with Gasteiger partial charge >= 0.3 is 5.97 Å². The monoisotopic (exact) mass is 775 g/mol. The average molecular weight is 775 g/mol. The standard InChI is InChI=1S/C44H82O5Si3/c1-12-50(13-2,14-3)47-39(33-32-38-28-24-23-25-29-38)34-35-41-40(30-26-21-22-27-31-44(45)46-37(10)11)42(48-51(15-4,16-5)17-6)36-43(41)49-52(18-7,19-8)20-9/h21,23-26,28-29,37,39-43H,12-20,22,27,30-36H2,1-11H3/b26-21+/t39-,40+,41+,42-,43+/m0/s1. The molecule has 1 aliphatic carbocycles. The van der Waals surface area contributed by atoms with Crippen LogP contribution >= 0.6 is 0 Å². The van der Waals surface area contributed by atoms with Gasteiger partial charge < -0.3 is 18.0 Å². The Bertz CT molecular complexity index is 1090. The Morgan fingerprint density at radius 3 is 1.73 bits per heavy atom. The number of benzene rings is 1. The Morgan fingerprint density at radius 2 is 1.23 bits per heavy atom. The third-order valence-corrected chi connectivity index (χ3v) is 27.1. The van der Waals surface area contributed by atoms with Crippen LogP contribution in [0.1, 0.15) is 133 Å². The van der Waals surface area contributed by atoms with E-state index in [0.29, 0.717) is 18.3 Å². The molecule has 0 radical (unpaired) electrons. The fraction of sp³-hybridized carbons (Fsp3) is 0.795. The fourth-order valence-corrected chi connectivity index (χ4v) is 17.6. The summed E-state index contributed by atoms with van der Waals surface area (Å²) in [5.74, 6) is 0.794. The van der Waals surface area contributed by atoms with Gasteiger partial charge in [0.05, 0.1) is 18.3 Å². The van der Waals surface area contributed by atoms with Gasteiger partial charge in [-0.25, -0.2) is 0 Å². The van der Waals surface area contributed by atoms with E-state index in [1.807, 2.05) is 13.8 Å². The highest BCUT2D eigenvalue weighted by molar-refractivity contribution is 6.74. The first kappa shape index (κ1) is 47.1. The van der Waals surface area contributed by atoms with Crippen LogP contribution in [-0.2, 0) is 29.2 Å². The van der Waals surface area contributed by atoms with Crippen LogP contribution in [0, 0.1) is 11.8 Å². The normalized spacial score (nSPS) is 20.6. The van der Waals surface area contributed by atoms with Gasteiger partial charge in [-0.3, -0.25) is 4.79 Å². The molecule has 1 fully saturated rings. The van der Waals surface area contributed by atoms with Gasteiger partial charge in [-0.1, -0.05) is 105 Å². The second-order valence-electron chi connectivity index (χ2n) is 16.1. The number of carbonyl (C=O) groups excluding carboxylic acids is 1. The lowest BCUT2D eigenvalue weighted by atomic mass is 9.85. The largest absolute Gasteiger partial charge is 0.463 e. The highest BCUT2D eigenvalue weighted by Gasteiger charge is 2.49. The van der Waals surface area contributed by atoms with Gasteiger partial charge in [-0.2, -0.15) is 0 Å². The molecule has 1 aromatic carbocycles. The minimum atomic E-state index is -1.84. The molecule has 0 unspecified atom stereocenters. The van der Waals surface area contributed by atoms with E-state index in [9.17, 15) is 4.79 Å². The number of rotatable bonds is 28. The predicted octanol–water partition coefficient (Wildman–Crippen LogP) is 13.3. The zero-order valence-corrected chi connectivity index (χ0v) is 38.8. The first-order valence-corrected chi connectivity index (χ1v) is 29.5. The van der Waals surface area contributed by atoms with Crippen LogP contribution in [0.15, 0.2) is 42.5 Å². The number of carbonyl (C=O) groups is 1. The lowest BCUT2D eigenvalue weighted by Crippen LogP contribution is -2.42. The molecule has 0 spiro atoms. The Kier molecular flexibility index (Phi) is 22.2. The highest BCUT2D eigenvalue weighted by Crippen LogP contribution is 2.46. The maximum absolute atomic E-state index is 12.1. The summed E-state index contributed by atoms with van der Waals surface area (Å²) in [5.41, 5.74) is 1.41. The van der Waals surface area contributed by atoms with Gasteiger partial charge in [-0.05, 0) is 137 Å². The number of esters is 1. The first-order valence-electron chi connectivity index (χ1n) is 21.9. The maximum atomic E-state index is 12.1. The van der Waals surface area contributed by atoms with Crippen molar-refractivity contribution >= 4 is 30.9 Å². The zero-order chi connectivity index (χ0) is 38.6. The molecule has 5 nitrogen and oxygen atoms in total. The molecule has 0 aromatic heterocycles. The van der Waals surface area contributed by atoms with Crippen molar-refractivity contribution in [1.82, 2.24) is 0 Å². The third kappa shape index (κ3) is 14.6. The summed E-state index contributed by atoms with van der Waals surface area (Å²) in [7, 11) is -5.46. The topological polar surface area (TPSA) is 54.0 Å². The van der Waals surface area contributed by atoms with Crippen molar-refractivity contribution in [2.45, 2.75) is 213 Å². The Morgan fingerprint density at radius 1 is 0.712 bits per heavy atom. The number of unbranched alkanes of at least 4 members (excludes halogenated alkanes) is 1. The van der Waals surface area contributed by atoms with E-state index < -0.39 is 25.0 Å². The van der Waals surface area contributed by atoms with Crippen molar-refractivity contribution in [1.29, 1.82) is 0 Å². The molecule has 52 heavy (non-hydrogen) atoms. The van der Waals surface area contributed by atoms with Crippen molar-refractivity contribution in [3.8, 4) is 0 Å². The second-order valence-corrected chi connectivity index (χ2v) is 30.3. The predicted molar refractivity (Wildman–Crippen MR) is 231 cm³/mol. The van der Waals surface area contributed by atoms with Gasteiger partial charge in [0.15, 0.2) is 25.0 Å². The van der Waals surface area contributed by atoms with Crippen LogP contribution < -0.4 is 0 Å². The van der Waals surface area contributed by atoms with Gasteiger partial charge in [0, 0.05) is 12.5 Å². The van der Waals surface area contributed by atoms with Crippen molar-refractivity contribution in [2.75, 3.05) is 0 Å². The zero-order valence-electron chi connectivity index (χ0n) is 35.8. The smallest absolute Gasteiger partial charge is 0.306 e. The Hall–Kier alpha value is -1.04. The van der Waals surface area contributed by atoms with E-state index >= 15 is 0 Å². The molecular weight excluding hydrogens is 693 g/mol. The molecule has 1 aliphatic rings. The van der Waals surface area contributed by atoms with Crippen molar-refractivity contribution < 1.29 is 22.8 Å². The number of aryl methyl sites for hydroxylation is 1. The van der Waals surface area contributed by atoms with Crippen LogP contribution in [0.5, 0.6) is 0 Å². The SMILES string of the molecule is CC[Si](CC)(CC)O[C@@H](CCc1ccccc1)CC[C@@H]1[C@@H](C/C=C/CCCC(=O)OC(C)C)[C@@H](O[Si](CC)(CC)CC)C[C@H]1O[Si](CC)(CC)CC. The molecule has 5 atom stereocenters. The summed E-state index contributed by atoms with van der Waals surface area (Å²) in [4.78, 5) is 12.1. The summed E-state index contributed by atoms with van der Waals surface area (Å²) < 4.78 is 27.7. The molecule has 0 aliphatic heterocycles. The molecule has 1 saturated carbocycles. The number of ether oxygens (including phenoxy) is 1. The van der Waals surface area contributed by atoms with Gasteiger partial charge in [0.25, 0.3) is 0 Å². The molecule has 0 saturated heterocycles. The fourth-order valence-electron chi connectivity index (χ4n) is 8.79. The van der Waals surface area contributed by atoms with Gasteiger partial charge in [0.1, 0.15) is 0 Å². The second kappa shape index (κ2) is 24.5. The summed E-state index contributed by atoms with van der Waals surface area (Å²) in [6.45, 7) is 25.1. The van der Waals surface area contributed by atoms with Crippen molar-refractivity contribution in [3.05, 3.63) is 48.0 Å². The summed E-state index contributed by atoms with van der Waals surface area (Å²) in [6, 6.07) is 21.6. The van der Waals surface area contributed by atoms with Gasteiger partial charge in [0.2, 0.25) is 0 Å². The molecule has 0 amide bonds. The Balaban J connectivity index is 2.46. The molecule has 8 heteroatoms. The highest BCUT2D eigenvalue weighted by atomic mass is 28.4. The minimum absolute atomic E-state index is 0.0533. The van der Waals surface area contributed by atoms with Crippen LogP contribution in [-0.4, -0.2) is 55.3 Å². The summed E-state index contributed by atoms with van der Waals surface area (Å²) in [6.07, 6.45) is 14.0. The lowest BCUT2D eigenvalue weighted by Gasteiger charge is -2.37. The van der Waals surface area contributed by atoms with E-state index in [0.717, 1.165) is 51.4 Å². The van der Waals surface area contributed by atoms with E-state index in [4.69, 9.17) is 18.0 Å². The first-order chi connectivity index (χ1) is 25.0. The Labute approximate surface area is 325 Å². The molecular formula is C44H82O5Si3. The number of allylic oxidation sites excluding steroid dienone is 2. The third-order valence-electron chi connectivity index (χ3n) is 13.1. The van der Waals surface area contributed by atoms with E-state index in [1.54, 1.807) is 0 Å². The van der Waals surface area contributed by atoms with Crippen LogP contribution in [0.2, 0.25) is 54.4 Å². The van der Waals surface area contributed by atoms with Crippen molar-refractivity contribution in [2.24, 2.45) is 11.8 Å². The minimum Gasteiger partial charge on any atom is -0.463 e. The van der Waals surface area contributed by atoms with E-state index in [1.165, 1.54) is 60.0 Å². The summed E-state index contributed by atoms with van der Waals surface area (Å²) >= 11 is 0. The van der Waals surface area contributed by atoms with Gasteiger partial charge in [-0.15, -0.1) is 0 Å². The number of hydrogen-bond donors (Lipinski definition) is 0. The number of hydrogen-bond acceptors (Lipinski definition) is 5. The average Bonchev–Trinajstić information content (AvgIpc) is 3.48. The van der Waals surface area contributed by atoms with Crippen molar-refractivity contribution in [3.63, 3.8) is 0 Å². The maximum Gasteiger partial charge on any atom is 0.306 e. The molecule has 2 rings (SSSR count). The quantitative estimate of drug-likeness (QED) is 0.0367. The molecule has 0 N–H and O–H groups in total. The van der Waals surface area contributed by atoms with E-state index in [2.05, 4.69) is 105 Å². The summed E-state index contributed by atoms with van der Waals surface area (Å²) in [5, 5.41) is 0. The molecule has 0 bridgehead atoms. The lowest BCUT2D eigenvalue weighted by molar-refractivity contribution is -0.147.